The summed E-state index contributed by atoms with van der Waals surface area (Å²) in [7, 11) is 0. The molecule has 1 atom stereocenters. The van der Waals surface area contributed by atoms with E-state index in [0.717, 1.165) is 11.8 Å². The molecule has 2 aromatic rings. The van der Waals surface area contributed by atoms with Crippen molar-refractivity contribution in [2.75, 3.05) is 0 Å². The van der Waals surface area contributed by atoms with Gasteiger partial charge in [-0.3, -0.25) is 14.5 Å². The average molecular weight is 201 g/mol. The Balaban J connectivity index is 2.28. The van der Waals surface area contributed by atoms with E-state index in [1.165, 1.54) is 0 Å². The van der Waals surface area contributed by atoms with Crippen molar-refractivity contribution in [3.05, 3.63) is 48.0 Å². The van der Waals surface area contributed by atoms with Gasteiger partial charge in [0.2, 0.25) is 0 Å². The van der Waals surface area contributed by atoms with Gasteiger partial charge in [0.25, 0.3) is 0 Å². The van der Waals surface area contributed by atoms with E-state index >= 15 is 0 Å². The Kier molecular flexibility index (Phi) is 2.58. The summed E-state index contributed by atoms with van der Waals surface area (Å²) in [4.78, 5) is 14.5. The Hall–Kier alpha value is -1.97. The van der Waals surface area contributed by atoms with E-state index in [9.17, 15) is 4.79 Å². The molecule has 0 aliphatic rings. The molecule has 0 saturated carbocycles. The fourth-order valence-electron chi connectivity index (χ4n) is 1.43. The van der Waals surface area contributed by atoms with Crippen molar-refractivity contribution in [2.24, 2.45) is 0 Å². The zero-order valence-corrected chi connectivity index (χ0v) is 8.37. The second-order valence-corrected chi connectivity index (χ2v) is 3.29. The third-order valence-corrected chi connectivity index (χ3v) is 2.34. The number of carbonyl (C=O) groups excluding carboxylic acids is 1. The summed E-state index contributed by atoms with van der Waals surface area (Å²) >= 11 is 0. The lowest BCUT2D eigenvalue weighted by Crippen LogP contribution is -2.07. The summed E-state index contributed by atoms with van der Waals surface area (Å²) in [5.41, 5.74) is 1.57. The maximum Gasteiger partial charge on any atom is 0.170 e. The standard InChI is InChI=1S/C11H11N3O/c1-9(10-2-5-12-6-3-10)14-7-4-11(8-15)13-14/h2-9H,1H3. The molecule has 0 spiro atoms. The van der Waals surface area contributed by atoms with Crippen LogP contribution in [0.5, 0.6) is 0 Å². The summed E-state index contributed by atoms with van der Waals surface area (Å²) in [6.07, 6.45) is 6.04. The molecule has 0 fully saturated rings. The lowest BCUT2D eigenvalue weighted by Gasteiger charge is -2.11. The molecular weight excluding hydrogens is 190 g/mol. The van der Waals surface area contributed by atoms with Crippen LogP contribution < -0.4 is 0 Å². The summed E-state index contributed by atoms with van der Waals surface area (Å²) in [6, 6.07) is 5.69. The van der Waals surface area contributed by atoms with Crippen molar-refractivity contribution >= 4 is 6.29 Å². The van der Waals surface area contributed by atoms with Gasteiger partial charge in [-0.05, 0) is 30.7 Å². The minimum Gasteiger partial charge on any atom is -0.296 e. The van der Waals surface area contributed by atoms with E-state index in [0.29, 0.717) is 5.69 Å². The molecule has 4 nitrogen and oxygen atoms in total. The molecule has 2 heterocycles. The van der Waals surface area contributed by atoms with Gasteiger partial charge >= 0.3 is 0 Å². The third kappa shape index (κ3) is 1.93. The highest BCUT2D eigenvalue weighted by atomic mass is 16.1. The van der Waals surface area contributed by atoms with Gasteiger partial charge < -0.3 is 0 Å². The van der Waals surface area contributed by atoms with Crippen molar-refractivity contribution in [3.8, 4) is 0 Å². The maximum absolute atomic E-state index is 10.5. The van der Waals surface area contributed by atoms with E-state index in [-0.39, 0.29) is 6.04 Å². The molecule has 0 aliphatic carbocycles. The first-order valence-electron chi connectivity index (χ1n) is 4.71. The van der Waals surface area contributed by atoms with Crippen LogP contribution in [-0.4, -0.2) is 21.1 Å². The molecule has 0 N–H and O–H groups in total. The van der Waals surface area contributed by atoms with Crippen LogP contribution in [0, 0.1) is 0 Å². The summed E-state index contributed by atoms with van der Waals surface area (Å²) in [6.45, 7) is 2.02. The molecule has 0 amide bonds. The first kappa shape index (κ1) is 9.58. The van der Waals surface area contributed by atoms with Crippen molar-refractivity contribution in [2.45, 2.75) is 13.0 Å². The van der Waals surface area contributed by atoms with Gasteiger partial charge in [-0.2, -0.15) is 5.10 Å². The second-order valence-electron chi connectivity index (χ2n) is 3.29. The predicted octanol–water partition coefficient (Wildman–Crippen LogP) is 1.70. The first-order chi connectivity index (χ1) is 7.31. The zero-order chi connectivity index (χ0) is 10.7. The van der Waals surface area contributed by atoms with Crippen molar-refractivity contribution < 1.29 is 4.79 Å². The van der Waals surface area contributed by atoms with E-state index in [1.807, 2.05) is 19.1 Å². The Morgan fingerprint density at radius 3 is 2.67 bits per heavy atom. The molecule has 76 valence electrons. The van der Waals surface area contributed by atoms with Crippen molar-refractivity contribution in [1.82, 2.24) is 14.8 Å². The van der Waals surface area contributed by atoms with Crippen LogP contribution in [0.1, 0.15) is 29.0 Å². The number of nitrogens with zero attached hydrogens (tertiary/aromatic N) is 3. The molecular formula is C11H11N3O. The Labute approximate surface area is 87.6 Å². The summed E-state index contributed by atoms with van der Waals surface area (Å²) in [5.74, 6) is 0. The minimum atomic E-state index is 0.113. The van der Waals surface area contributed by atoms with E-state index in [1.54, 1.807) is 29.3 Å². The number of hydrogen-bond acceptors (Lipinski definition) is 3. The number of rotatable bonds is 3. The zero-order valence-electron chi connectivity index (χ0n) is 8.37. The number of aldehydes is 1. The molecule has 0 radical (unpaired) electrons. The fourth-order valence-corrected chi connectivity index (χ4v) is 1.43. The van der Waals surface area contributed by atoms with Crippen LogP contribution in [0.4, 0.5) is 0 Å². The normalized spacial score (nSPS) is 12.3. The molecule has 2 rings (SSSR count). The quantitative estimate of drug-likeness (QED) is 0.710. The molecule has 1 unspecified atom stereocenters. The first-order valence-corrected chi connectivity index (χ1v) is 4.71. The average Bonchev–Trinajstić information content (AvgIpc) is 2.78. The lowest BCUT2D eigenvalue weighted by atomic mass is 10.1. The molecule has 15 heavy (non-hydrogen) atoms. The van der Waals surface area contributed by atoms with E-state index < -0.39 is 0 Å². The van der Waals surface area contributed by atoms with Gasteiger partial charge in [-0.25, -0.2) is 0 Å². The van der Waals surface area contributed by atoms with Crippen LogP contribution in [0.15, 0.2) is 36.8 Å². The number of aromatic nitrogens is 3. The number of carbonyl (C=O) groups is 1. The monoisotopic (exact) mass is 201 g/mol. The maximum atomic E-state index is 10.5. The van der Waals surface area contributed by atoms with E-state index in [4.69, 9.17) is 0 Å². The summed E-state index contributed by atoms with van der Waals surface area (Å²) < 4.78 is 1.76. The van der Waals surface area contributed by atoms with Gasteiger partial charge in [0, 0.05) is 18.6 Å². The van der Waals surface area contributed by atoms with Crippen LogP contribution in [-0.2, 0) is 0 Å². The molecule has 2 aromatic heterocycles. The highest BCUT2D eigenvalue weighted by Gasteiger charge is 2.08. The van der Waals surface area contributed by atoms with Crippen LogP contribution in [0.3, 0.4) is 0 Å². The number of pyridine rings is 1. The highest BCUT2D eigenvalue weighted by Crippen LogP contribution is 2.15. The van der Waals surface area contributed by atoms with E-state index in [2.05, 4.69) is 10.1 Å². The minimum absolute atomic E-state index is 0.113. The van der Waals surface area contributed by atoms with Crippen LogP contribution in [0.2, 0.25) is 0 Å². The third-order valence-electron chi connectivity index (χ3n) is 2.34. The summed E-state index contributed by atoms with van der Waals surface area (Å²) in [5, 5.41) is 4.13. The van der Waals surface area contributed by atoms with Crippen molar-refractivity contribution in [3.63, 3.8) is 0 Å². The van der Waals surface area contributed by atoms with Crippen molar-refractivity contribution in [1.29, 1.82) is 0 Å². The number of hydrogen-bond donors (Lipinski definition) is 0. The largest absolute Gasteiger partial charge is 0.296 e. The fraction of sp³-hybridized carbons (Fsp3) is 0.182. The van der Waals surface area contributed by atoms with Gasteiger partial charge in [-0.1, -0.05) is 0 Å². The predicted molar refractivity (Wildman–Crippen MR) is 55.7 cm³/mol. The topological polar surface area (TPSA) is 47.8 Å². The Morgan fingerprint density at radius 1 is 1.33 bits per heavy atom. The van der Waals surface area contributed by atoms with Gasteiger partial charge in [0.15, 0.2) is 6.29 Å². The SMILES string of the molecule is CC(c1ccncc1)n1ccc(C=O)n1. The lowest BCUT2D eigenvalue weighted by molar-refractivity contribution is 0.111. The molecule has 4 heteroatoms. The van der Waals surface area contributed by atoms with Gasteiger partial charge in [0.1, 0.15) is 5.69 Å². The highest BCUT2D eigenvalue weighted by molar-refractivity contribution is 5.71. The van der Waals surface area contributed by atoms with Gasteiger partial charge in [-0.15, -0.1) is 0 Å². The molecule has 0 saturated heterocycles. The van der Waals surface area contributed by atoms with Crippen LogP contribution >= 0.6 is 0 Å². The Bertz CT molecular complexity index is 450. The molecule has 0 bridgehead atoms. The Morgan fingerprint density at radius 2 is 2.07 bits per heavy atom. The molecule has 0 aliphatic heterocycles. The second kappa shape index (κ2) is 4.04. The molecule has 0 aromatic carbocycles. The van der Waals surface area contributed by atoms with Gasteiger partial charge in [0.05, 0.1) is 6.04 Å². The smallest absolute Gasteiger partial charge is 0.170 e. The van der Waals surface area contributed by atoms with Crippen LogP contribution in [0.25, 0.3) is 0 Å².